The summed E-state index contributed by atoms with van der Waals surface area (Å²) in [5.41, 5.74) is 0. The van der Waals surface area contributed by atoms with Crippen molar-refractivity contribution in [3.05, 3.63) is 0 Å². The van der Waals surface area contributed by atoms with Crippen LogP contribution in [0.1, 0.15) is 25.7 Å². The third kappa shape index (κ3) is 1.41. The van der Waals surface area contributed by atoms with Crippen molar-refractivity contribution in [1.29, 1.82) is 0 Å². The van der Waals surface area contributed by atoms with Crippen LogP contribution in [0.2, 0.25) is 0 Å². The molecule has 6 unspecified atom stereocenters. The third-order valence-electron chi connectivity index (χ3n) is 4.48. The van der Waals surface area contributed by atoms with E-state index in [0.29, 0.717) is 17.8 Å². The van der Waals surface area contributed by atoms with E-state index >= 15 is 0 Å². The van der Waals surface area contributed by atoms with Gasteiger partial charge in [0.1, 0.15) is 4.16 Å². The van der Waals surface area contributed by atoms with Crippen LogP contribution in [-0.2, 0) is 9.84 Å². The summed E-state index contributed by atoms with van der Waals surface area (Å²) in [6.07, 6.45) is 4.58. The highest BCUT2D eigenvalue weighted by Gasteiger charge is 2.58. The maximum Gasteiger partial charge on any atom is 0.167 e. The highest BCUT2D eigenvalue weighted by Crippen LogP contribution is 2.57. The predicted molar refractivity (Wildman–Crippen MR) is 67.1 cm³/mol. The Morgan fingerprint density at radius 2 is 1.67 bits per heavy atom. The van der Waals surface area contributed by atoms with Crippen molar-refractivity contribution < 1.29 is 8.42 Å². The zero-order valence-corrected chi connectivity index (χ0v) is 12.3. The second-order valence-electron chi connectivity index (χ2n) is 5.15. The van der Waals surface area contributed by atoms with Crippen LogP contribution >= 0.6 is 31.9 Å². The van der Waals surface area contributed by atoms with Crippen LogP contribution in [0, 0.1) is 17.8 Å². The number of sulfone groups is 1. The average Bonchev–Trinajstić information content (AvgIpc) is 2.74. The van der Waals surface area contributed by atoms with Gasteiger partial charge in [-0.15, -0.1) is 0 Å². The van der Waals surface area contributed by atoms with Gasteiger partial charge in [-0.1, -0.05) is 31.9 Å². The van der Waals surface area contributed by atoms with Crippen LogP contribution in [0.15, 0.2) is 0 Å². The van der Waals surface area contributed by atoms with Crippen LogP contribution in [0.4, 0.5) is 0 Å². The molecule has 1 aliphatic heterocycles. The van der Waals surface area contributed by atoms with Crippen molar-refractivity contribution in [2.24, 2.45) is 17.8 Å². The Balaban J connectivity index is 2.02. The van der Waals surface area contributed by atoms with Crippen molar-refractivity contribution in [1.82, 2.24) is 0 Å². The van der Waals surface area contributed by atoms with Gasteiger partial charge in [0, 0.05) is 4.83 Å². The van der Waals surface area contributed by atoms with Crippen molar-refractivity contribution >= 4 is 41.7 Å². The van der Waals surface area contributed by atoms with E-state index in [4.69, 9.17) is 0 Å². The third-order valence-corrected chi connectivity index (χ3v) is 11.1. The van der Waals surface area contributed by atoms with Gasteiger partial charge in [0.25, 0.3) is 0 Å². The summed E-state index contributed by atoms with van der Waals surface area (Å²) in [4.78, 5) is 0.100. The fourth-order valence-corrected chi connectivity index (χ4v) is 8.64. The van der Waals surface area contributed by atoms with Crippen molar-refractivity contribution in [3.8, 4) is 0 Å². The summed E-state index contributed by atoms with van der Waals surface area (Å²) in [6.45, 7) is 0. The molecule has 0 aromatic heterocycles. The summed E-state index contributed by atoms with van der Waals surface area (Å²) >= 11 is 6.86. The molecule has 2 nitrogen and oxygen atoms in total. The molecule has 0 N–H and O–H groups in total. The highest BCUT2D eigenvalue weighted by molar-refractivity contribution is 9.13. The lowest BCUT2D eigenvalue weighted by molar-refractivity contribution is 0.303. The standard InChI is InChI=1S/C10H14Br2O2S/c11-8-4-7-5-1-2-6(3-5)9(7)15(13,14)10(8)12/h5-10H,1-4H2. The first-order valence-electron chi connectivity index (χ1n) is 5.52. The van der Waals surface area contributed by atoms with Crippen LogP contribution in [0.5, 0.6) is 0 Å². The topological polar surface area (TPSA) is 34.1 Å². The van der Waals surface area contributed by atoms with Crippen molar-refractivity contribution in [2.75, 3.05) is 0 Å². The van der Waals surface area contributed by atoms with E-state index in [1.807, 2.05) is 0 Å². The zero-order chi connectivity index (χ0) is 10.8. The Kier molecular flexibility index (Phi) is 2.54. The number of hydrogen-bond acceptors (Lipinski definition) is 2. The molecule has 2 saturated carbocycles. The number of alkyl halides is 2. The van der Waals surface area contributed by atoms with E-state index in [1.165, 1.54) is 6.42 Å². The minimum absolute atomic E-state index is 0.0329. The van der Waals surface area contributed by atoms with Gasteiger partial charge in [-0.3, -0.25) is 0 Å². The maximum atomic E-state index is 12.3. The van der Waals surface area contributed by atoms with Gasteiger partial charge in [0.05, 0.1) is 5.25 Å². The quantitative estimate of drug-likeness (QED) is 0.624. The Morgan fingerprint density at radius 1 is 1.00 bits per heavy atom. The Labute approximate surface area is 107 Å². The van der Waals surface area contributed by atoms with E-state index in [9.17, 15) is 8.42 Å². The molecular formula is C10H14Br2O2S. The van der Waals surface area contributed by atoms with E-state index < -0.39 is 9.84 Å². The molecule has 1 saturated heterocycles. The van der Waals surface area contributed by atoms with E-state index in [1.54, 1.807) is 0 Å². The normalized spacial score (nSPS) is 56.7. The van der Waals surface area contributed by atoms with Gasteiger partial charge in [0.2, 0.25) is 0 Å². The molecule has 86 valence electrons. The smallest absolute Gasteiger partial charge is 0.167 e. The summed E-state index contributed by atoms with van der Waals surface area (Å²) < 4.78 is 24.3. The number of rotatable bonds is 0. The largest absolute Gasteiger partial charge is 0.227 e. The fourth-order valence-electron chi connectivity index (χ4n) is 3.92. The summed E-state index contributed by atoms with van der Waals surface area (Å²) in [7, 11) is -2.95. The minimum atomic E-state index is -2.95. The molecule has 2 bridgehead atoms. The van der Waals surface area contributed by atoms with Crippen LogP contribution in [0.3, 0.4) is 0 Å². The molecule has 0 spiro atoms. The second-order valence-corrected chi connectivity index (χ2v) is 10.2. The molecule has 6 atom stereocenters. The average molecular weight is 358 g/mol. The molecule has 3 fully saturated rings. The van der Waals surface area contributed by atoms with Gasteiger partial charge in [-0.25, -0.2) is 8.42 Å². The van der Waals surface area contributed by atoms with Gasteiger partial charge in [-0.05, 0) is 43.4 Å². The number of fused-ring (bicyclic) bond motifs is 5. The summed E-state index contributed by atoms with van der Waals surface area (Å²) in [5.74, 6) is 1.59. The first-order valence-corrected chi connectivity index (χ1v) is 8.96. The minimum Gasteiger partial charge on any atom is -0.227 e. The lowest BCUT2D eigenvalue weighted by atomic mass is 9.85. The summed E-state index contributed by atoms with van der Waals surface area (Å²) in [6, 6.07) is 0. The number of halogens is 2. The molecule has 0 aromatic rings. The molecule has 3 rings (SSSR count). The van der Waals surface area contributed by atoms with E-state index in [-0.39, 0.29) is 14.2 Å². The SMILES string of the molecule is O=S1(=O)C(Br)C(Br)CC2C3CCC(C3)C21. The fraction of sp³-hybridized carbons (Fsp3) is 1.00. The molecule has 1 heterocycles. The first kappa shape index (κ1) is 11.0. The Hall–Kier alpha value is 0.910. The van der Waals surface area contributed by atoms with Crippen LogP contribution in [0.25, 0.3) is 0 Å². The zero-order valence-electron chi connectivity index (χ0n) is 8.27. The van der Waals surface area contributed by atoms with Crippen molar-refractivity contribution in [2.45, 2.75) is 39.9 Å². The molecule has 0 aromatic carbocycles. The van der Waals surface area contributed by atoms with Gasteiger partial charge in [-0.2, -0.15) is 0 Å². The predicted octanol–water partition coefficient (Wildman–Crippen LogP) is 2.70. The Bertz CT molecular complexity index is 381. The van der Waals surface area contributed by atoms with Gasteiger partial charge in [0.15, 0.2) is 9.84 Å². The lowest BCUT2D eigenvalue weighted by Crippen LogP contribution is -2.47. The van der Waals surface area contributed by atoms with Crippen LogP contribution in [-0.4, -0.2) is 22.7 Å². The number of hydrogen-bond donors (Lipinski definition) is 0. The molecule has 2 aliphatic carbocycles. The molecular weight excluding hydrogens is 344 g/mol. The second kappa shape index (κ2) is 3.45. The highest BCUT2D eigenvalue weighted by atomic mass is 79.9. The molecule has 5 heteroatoms. The van der Waals surface area contributed by atoms with Crippen LogP contribution < -0.4 is 0 Å². The monoisotopic (exact) mass is 356 g/mol. The maximum absolute atomic E-state index is 12.3. The Morgan fingerprint density at radius 3 is 2.40 bits per heavy atom. The van der Waals surface area contributed by atoms with E-state index in [2.05, 4.69) is 31.9 Å². The van der Waals surface area contributed by atoms with E-state index in [0.717, 1.165) is 19.3 Å². The molecule has 0 radical (unpaired) electrons. The van der Waals surface area contributed by atoms with Crippen molar-refractivity contribution in [3.63, 3.8) is 0 Å². The molecule has 15 heavy (non-hydrogen) atoms. The lowest BCUT2D eigenvalue weighted by Gasteiger charge is -2.39. The molecule has 3 aliphatic rings. The molecule has 0 amide bonds. The summed E-state index contributed by atoms with van der Waals surface area (Å²) in [5, 5.41) is -0.0329. The van der Waals surface area contributed by atoms with Gasteiger partial charge < -0.3 is 0 Å². The first-order chi connectivity index (χ1) is 7.01. The van der Waals surface area contributed by atoms with Gasteiger partial charge >= 0.3 is 0 Å².